The number of para-hydroxylation sites is 1. The quantitative estimate of drug-likeness (QED) is 0.317. The minimum atomic E-state index is -0.555. The SMILES string of the molecule is [O-]c1on[n+](-c2ccccc2)c1-c1csc(N/N=C/c2ccc(Cl)cc2)n1. The smallest absolute Gasteiger partial charge is 0.289 e. The molecule has 0 atom stereocenters. The molecule has 0 aliphatic carbocycles. The Morgan fingerprint density at radius 1 is 1.15 bits per heavy atom. The summed E-state index contributed by atoms with van der Waals surface area (Å²) in [5.74, 6) is -0.555. The molecule has 0 amide bonds. The summed E-state index contributed by atoms with van der Waals surface area (Å²) in [5.41, 5.74) is 5.17. The Kier molecular flexibility index (Phi) is 4.82. The van der Waals surface area contributed by atoms with Crippen molar-refractivity contribution in [1.29, 1.82) is 0 Å². The summed E-state index contributed by atoms with van der Waals surface area (Å²) >= 11 is 7.17. The lowest BCUT2D eigenvalue weighted by molar-refractivity contribution is -0.660. The van der Waals surface area contributed by atoms with E-state index in [1.165, 1.54) is 16.0 Å². The number of nitrogens with zero attached hydrogens (tertiary/aromatic N) is 4. The summed E-state index contributed by atoms with van der Waals surface area (Å²) in [6.07, 6.45) is 1.65. The van der Waals surface area contributed by atoms with Crippen LogP contribution in [0.25, 0.3) is 17.1 Å². The van der Waals surface area contributed by atoms with E-state index < -0.39 is 5.95 Å². The van der Waals surface area contributed by atoms with Gasteiger partial charge in [0.25, 0.3) is 5.69 Å². The Morgan fingerprint density at radius 3 is 2.70 bits per heavy atom. The molecule has 134 valence electrons. The van der Waals surface area contributed by atoms with Crippen LogP contribution in [0.1, 0.15) is 5.56 Å². The minimum absolute atomic E-state index is 0.257. The van der Waals surface area contributed by atoms with Crippen LogP contribution in [0.3, 0.4) is 0 Å². The van der Waals surface area contributed by atoms with Crippen molar-refractivity contribution >= 4 is 34.3 Å². The molecule has 4 aromatic rings. The largest absolute Gasteiger partial charge is 0.539 e. The van der Waals surface area contributed by atoms with E-state index in [0.29, 0.717) is 21.5 Å². The molecule has 7 nitrogen and oxygen atoms in total. The molecule has 9 heteroatoms. The maximum atomic E-state index is 12.1. The minimum Gasteiger partial charge on any atom is -0.539 e. The van der Waals surface area contributed by atoms with Gasteiger partial charge in [0.2, 0.25) is 10.8 Å². The zero-order chi connectivity index (χ0) is 18.6. The van der Waals surface area contributed by atoms with Crippen LogP contribution in [-0.4, -0.2) is 16.5 Å². The fraction of sp³-hybridized carbons (Fsp3) is 0. The molecule has 0 spiro atoms. The van der Waals surface area contributed by atoms with E-state index in [1.54, 1.807) is 23.7 Å². The van der Waals surface area contributed by atoms with Crippen molar-refractivity contribution in [2.24, 2.45) is 5.10 Å². The van der Waals surface area contributed by atoms with Crippen molar-refractivity contribution < 1.29 is 14.3 Å². The predicted octanol–water partition coefficient (Wildman–Crippen LogP) is 3.25. The third-order valence-electron chi connectivity index (χ3n) is 3.60. The predicted molar refractivity (Wildman–Crippen MR) is 101 cm³/mol. The van der Waals surface area contributed by atoms with Crippen molar-refractivity contribution in [3.63, 3.8) is 0 Å². The van der Waals surface area contributed by atoms with Gasteiger partial charge in [-0.05, 0) is 22.4 Å². The second-order valence-corrected chi connectivity index (χ2v) is 6.71. The molecule has 0 radical (unpaired) electrons. The Hall–Kier alpha value is -3.23. The zero-order valence-electron chi connectivity index (χ0n) is 13.7. The average molecular weight is 398 g/mol. The van der Waals surface area contributed by atoms with Crippen molar-refractivity contribution in [1.82, 2.24) is 10.3 Å². The first kappa shape index (κ1) is 17.2. The normalized spacial score (nSPS) is 11.1. The van der Waals surface area contributed by atoms with Gasteiger partial charge in [-0.3, -0.25) is 5.43 Å². The number of hydrazone groups is 1. The number of aromatic nitrogens is 3. The summed E-state index contributed by atoms with van der Waals surface area (Å²) in [6.45, 7) is 0. The number of halogens is 1. The number of rotatable bonds is 5. The molecule has 4 rings (SSSR count). The van der Waals surface area contributed by atoms with Crippen LogP contribution in [0.15, 0.2) is 69.6 Å². The van der Waals surface area contributed by atoms with E-state index in [9.17, 15) is 5.11 Å². The number of benzene rings is 2. The fourth-order valence-electron chi connectivity index (χ4n) is 2.35. The third kappa shape index (κ3) is 3.81. The molecule has 2 aromatic carbocycles. The lowest BCUT2D eigenvalue weighted by Crippen LogP contribution is -2.34. The summed E-state index contributed by atoms with van der Waals surface area (Å²) in [7, 11) is 0. The number of nitrogens with one attached hydrogen (secondary N) is 1. The van der Waals surface area contributed by atoms with Gasteiger partial charge in [0.1, 0.15) is 0 Å². The molecule has 0 aliphatic rings. The van der Waals surface area contributed by atoms with Crippen LogP contribution in [0.2, 0.25) is 5.02 Å². The molecular weight excluding hydrogens is 386 g/mol. The van der Waals surface area contributed by atoms with Gasteiger partial charge >= 0.3 is 0 Å². The second kappa shape index (κ2) is 7.56. The molecule has 0 fully saturated rings. The van der Waals surface area contributed by atoms with Gasteiger partial charge < -0.3 is 9.63 Å². The van der Waals surface area contributed by atoms with Crippen molar-refractivity contribution in [3.8, 4) is 23.0 Å². The van der Waals surface area contributed by atoms with E-state index in [-0.39, 0.29) is 5.69 Å². The third-order valence-corrected chi connectivity index (χ3v) is 4.60. The Morgan fingerprint density at radius 2 is 1.93 bits per heavy atom. The summed E-state index contributed by atoms with van der Waals surface area (Å²) in [6, 6.07) is 16.5. The molecule has 0 saturated carbocycles. The van der Waals surface area contributed by atoms with E-state index in [2.05, 4.69) is 20.8 Å². The van der Waals surface area contributed by atoms with Crippen LogP contribution in [0.5, 0.6) is 5.95 Å². The van der Waals surface area contributed by atoms with Crippen LogP contribution in [0.4, 0.5) is 5.13 Å². The van der Waals surface area contributed by atoms with Gasteiger partial charge in [0.05, 0.1) is 11.5 Å². The Labute approximate surface area is 163 Å². The average Bonchev–Trinajstić information content (AvgIpc) is 3.30. The molecule has 0 aliphatic heterocycles. The second-order valence-electron chi connectivity index (χ2n) is 5.42. The van der Waals surface area contributed by atoms with E-state index in [4.69, 9.17) is 16.1 Å². The van der Waals surface area contributed by atoms with E-state index in [0.717, 1.165) is 5.56 Å². The van der Waals surface area contributed by atoms with Crippen LogP contribution in [0, 0.1) is 0 Å². The van der Waals surface area contributed by atoms with Crippen LogP contribution < -0.4 is 15.2 Å². The number of hydrogen-bond donors (Lipinski definition) is 1. The molecule has 0 unspecified atom stereocenters. The van der Waals surface area contributed by atoms with Crippen LogP contribution >= 0.6 is 22.9 Å². The van der Waals surface area contributed by atoms with Gasteiger partial charge in [0, 0.05) is 22.5 Å². The molecular formula is C18H12ClN5O2S. The van der Waals surface area contributed by atoms with Gasteiger partial charge in [-0.2, -0.15) is 5.10 Å². The van der Waals surface area contributed by atoms with Gasteiger partial charge in [-0.15, -0.1) is 11.3 Å². The highest BCUT2D eigenvalue weighted by Gasteiger charge is 2.24. The lowest BCUT2D eigenvalue weighted by Gasteiger charge is -1.96. The van der Waals surface area contributed by atoms with Gasteiger partial charge in [-0.1, -0.05) is 41.9 Å². The highest BCUT2D eigenvalue weighted by Crippen LogP contribution is 2.27. The first-order chi connectivity index (χ1) is 13.2. The highest BCUT2D eigenvalue weighted by atomic mass is 35.5. The van der Waals surface area contributed by atoms with Crippen LogP contribution in [-0.2, 0) is 0 Å². The standard InChI is InChI=1S/C18H12ClN5O2S/c19-13-8-6-12(7-9-13)10-20-22-18-21-15(11-27-18)16-17(25)26-23-24(16)14-4-2-1-3-5-14/h1-11H,(H-,21,22,23,25)/b20-10+. The van der Waals surface area contributed by atoms with E-state index >= 15 is 0 Å². The topological polar surface area (TPSA) is 90.2 Å². The number of hydrogen-bond acceptors (Lipinski definition) is 7. The molecule has 2 heterocycles. The molecule has 0 bridgehead atoms. The first-order valence-corrected chi connectivity index (χ1v) is 9.11. The Bertz CT molecular complexity index is 1080. The number of anilines is 1. The fourth-order valence-corrected chi connectivity index (χ4v) is 3.12. The molecule has 2 aromatic heterocycles. The van der Waals surface area contributed by atoms with Crippen molar-refractivity contribution in [2.75, 3.05) is 5.43 Å². The van der Waals surface area contributed by atoms with Gasteiger partial charge in [0.15, 0.2) is 11.6 Å². The summed E-state index contributed by atoms with van der Waals surface area (Å²) < 4.78 is 6.25. The lowest BCUT2D eigenvalue weighted by atomic mass is 10.2. The van der Waals surface area contributed by atoms with Gasteiger partial charge in [-0.25, -0.2) is 4.98 Å². The number of thiazole rings is 1. The zero-order valence-corrected chi connectivity index (χ0v) is 15.3. The highest BCUT2D eigenvalue weighted by molar-refractivity contribution is 7.14. The first-order valence-electron chi connectivity index (χ1n) is 7.86. The van der Waals surface area contributed by atoms with E-state index in [1.807, 2.05) is 42.5 Å². The molecule has 0 saturated heterocycles. The van der Waals surface area contributed by atoms with Crippen molar-refractivity contribution in [3.05, 3.63) is 70.6 Å². The molecule has 1 N–H and O–H groups in total. The monoisotopic (exact) mass is 397 g/mol. The maximum absolute atomic E-state index is 12.1. The maximum Gasteiger partial charge on any atom is 0.289 e. The van der Waals surface area contributed by atoms with Crippen molar-refractivity contribution in [2.45, 2.75) is 0 Å². The summed E-state index contributed by atoms with van der Waals surface area (Å²) in [4.78, 5) is 4.40. The molecule has 27 heavy (non-hydrogen) atoms. The Balaban J connectivity index is 1.55. The summed E-state index contributed by atoms with van der Waals surface area (Å²) in [5, 5.41) is 23.0.